The van der Waals surface area contributed by atoms with E-state index in [4.69, 9.17) is 0 Å². The lowest BCUT2D eigenvalue weighted by atomic mass is 10.1. The molecule has 7 nitrogen and oxygen atoms in total. The lowest BCUT2D eigenvalue weighted by Crippen LogP contribution is -2.45. The Labute approximate surface area is 119 Å². The van der Waals surface area contributed by atoms with E-state index in [2.05, 4.69) is 34.5 Å². The van der Waals surface area contributed by atoms with Crippen molar-refractivity contribution in [3.8, 4) is 0 Å². The molecule has 3 amide bonds. The highest BCUT2D eigenvalue weighted by Crippen LogP contribution is 2.38. The number of amides is 3. The first-order valence-corrected chi connectivity index (χ1v) is 6.76. The normalized spacial score (nSPS) is 14.2. The largest absolute Gasteiger partial charge is 0.453 e. The van der Waals surface area contributed by atoms with Gasteiger partial charge in [-0.05, 0) is 12.8 Å². The van der Waals surface area contributed by atoms with E-state index in [1.165, 1.54) is 13.5 Å². The smallest absolute Gasteiger partial charge is 0.407 e. The molecule has 0 bridgehead atoms. The Morgan fingerprint density at radius 1 is 1.15 bits per heavy atom. The topological polar surface area (TPSA) is 96.5 Å². The standard InChI is InChI=1S/C10H17N3O4.C3H8/c1-11-7(14)5-10(3-4-10)13-8(15)6-12-9(16)17-2;1-3-2/h3-6H2,1-2H3,(H,11,14)(H,12,16)(H,13,15);3H2,1-2H3. The van der Waals surface area contributed by atoms with Crippen LogP contribution in [0.5, 0.6) is 0 Å². The van der Waals surface area contributed by atoms with Crippen LogP contribution in [0, 0.1) is 0 Å². The summed E-state index contributed by atoms with van der Waals surface area (Å²) in [5, 5.41) is 7.53. The first-order chi connectivity index (χ1) is 9.42. The number of hydrogen-bond donors (Lipinski definition) is 3. The molecule has 20 heavy (non-hydrogen) atoms. The van der Waals surface area contributed by atoms with Gasteiger partial charge in [0.05, 0.1) is 7.11 Å². The molecule has 0 heterocycles. The van der Waals surface area contributed by atoms with Crippen LogP contribution in [0.15, 0.2) is 0 Å². The van der Waals surface area contributed by atoms with Crippen LogP contribution in [-0.2, 0) is 14.3 Å². The van der Waals surface area contributed by atoms with Crippen molar-refractivity contribution in [3.05, 3.63) is 0 Å². The first kappa shape index (κ1) is 18.2. The molecule has 1 aliphatic rings. The average molecular weight is 287 g/mol. The summed E-state index contributed by atoms with van der Waals surface area (Å²) in [7, 11) is 2.78. The van der Waals surface area contributed by atoms with E-state index in [1.54, 1.807) is 7.05 Å². The fourth-order valence-corrected chi connectivity index (χ4v) is 1.46. The third-order valence-electron chi connectivity index (χ3n) is 2.61. The number of nitrogens with one attached hydrogen (secondary N) is 3. The zero-order chi connectivity index (χ0) is 15.6. The predicted octanol–water partition coefficient (Wildman–Crippen LogP) is 0.544. The number of carbonyl (C=O) groups is 3. The zero-order valence-electron chi connectivity index (χ0n) is 12.7. The molecule has 0 atom stereocenters. The number of ether oxygens (including phenoxy) is 1. The monoisotopic (exact) mass is 287 g/mol. The summed E-state index contributed by atoms with van der Waals surface area (Å²) in [6.07, 6.45) is 2.43. The third-order valence-corrected chi connectivity index (χ3v) is 2.61. The quantitative estimate of drug-likeness (QED) is 0.687. The molecule has 3 N–H and O–H groups in total. The van der Waals surface area contributed by atoms with Gasteiger partial charge in [0.2, 0.25) is 11.8 Å². The van der Waals surface area contributed by atoms with Gasteiger partial charge in [0.1, 0.15) is 6.54 Å². The summed E-state index contributed by atoms with van der Waals surface area (Å²) in [5.74, 6) is -0.430. The Bertz CT molecular complexity index is 341. The van der Waals surface area contributed by atoms with Crippen LogP contribution in [0.2, 0.25) is 0 Å². The molecular weight excluding hydrogens is 262 g/mol. The minimum atomic E-state index is -0.656. The van der Waals surface area contributed by atoms with Crippen LogP contribution in [-0.4, -0.2) is 44.1 Å². The first-order valence-electron chi connectivity index (χ1n) is 6.76. The van der Waals surface area contributed by atoms with Crippen molar-refractivity contribution in [1.82, 2.24) is 16.0 Å². The van der Waals surface area contributed by atoms with Gasteiger partial charge in [-0.3, -0.25) is 9.59 Å². The van der Waals surface area contributed by atoms with Crippen LogP contribution in [0.25, 0.3) is 0 Å². The van der Waals surface area contributed by atoms with Gasteiger partial charge in [-0.2, -0.15) is 0 Å². The van der Waals surface area contributed by atoms with Crippen LogP contribution in [0.4, 0.5) is 4.79 Å². The van der Waals surface area contributed by atoms with E-state index in [9.17, 15) is 14.4 Å². The van der Waals surface area contributed by atoms with Crippen LogP contribution >= 0.6 is 0 Å². The molecule has 7 heteroatoms. The maximum atomic E-state index is 11.5. The maximum absolute atomic E-state index is 11.5. The van der Waals surface area contributed by atoms with Gasteiger partial charge >= 0.3 is 6.09 Å². The van der Waals surface area contributed by atoms with Gasteiger partial charge in [-0.15, -0.1) is 0 Å². The molecule has 116 valence electrons. The molecule has 0 aromatic carbocycles. The van der Waals surface area contributed by atoms with Crippen molar-refractivity contribution in [3.63, 3.8) is 0 Å². The summed E-state index contributed by atoms with van der Waals surface area (Å²) in [5.41, 5.74) is -0.422. The average Bonchev–Trinajstić information content (AvgIpc) is 3.15. The molecule has 0 spiro atoms. The molecule has 1 saturated carbocycles. The highest BCUT2D eigenvalue weighted by molar-refractivity contribution is 5.84. The fourth-order valence-electron chi connectivity index (χ4n) is 1.46. The van der Waals surface area contributed by atoms with E-state index in [0.29, 0.717) is 0 Å². The van der Waals surface area contributed by atoms with Crippen molar-refractivity contribution in [2.45, 2.75) is 45.1 Å². The molecule has 0 aromatic heterocycles. The zero-order valence-corrected chi connectivity index (χ0v) is 12.7. The summed E-state index contributed by atoms with van der Waals surface area (Å²) in [6.45, 7) is 4.10. The summed E-state index contributed by atoms with van der Waals surface area (Å²) in [6, 6.07) is 0. The van der Waals surface area contributed by atoms with Crippen molar-refractivity contribution in [1.29, 1.82) is 0 Å². The van der Waals surface area contributed by atoms with Gasteiger partial charge in [0.25, 0.3) is 0 Å². The van der Waals surface area contributed by atoms with E-state index < -0.39 is 11.6 Å². The molecule has 0 radical (unpaired) electrons. The Kier molecular flexibility index (Phi) is 8.35. The van der Waals surface area contributed by atoms with Crippen molar-refractivity contribution in [2.24, 2.45) is 0 Å². The summed E-state index contributed by atoms with van der Waals surface area (Å²) in [4.78, 5) is 33.4. The number of carbonyl (C=O) groups excluding carboxylic acids is 3. The van der Waals surface area contributed by atoms with E-state index in [0.717, 1.165) is 12.8 Å². The van der Waals surface area contributed by atoms with Crippen LogP contribution in [0.1, 0.15) is 39.5 Å². The highest BCUT2D eigenvalue weighted by Gasteiger charge is 2.45. The fraction of sp³-hybridized carbons (Fsp3) is 0.769. The van der Waals surface area contributed by atoms with Gasteiger partial charge in [0, 0.05) is 19.0 Å². The Morgan fingerprint density at radius 3 is 2.10 bits per heavy atom. The molecule has 0 aromatic rings. The Balaban J connectivity index is 0.00000110. The molecule has 0 aliphatic heterocycles. The molecule has 1 fully saturated rings. The van der Waals surface area contributed by atoms with Gasteiger partial charge < -0.3 is 20.7 Å². The lowest BCUT2D eigenvalue weighted by molar-refractivity contribution is -0.123. The Morgan fingerprint density at radius 2 is 1.70 bits per heavy atom. The minimum absolute atomic E-state index is 0.108. The summed E-state index contributed by atoms with van der Waals surface area (Å²) >= 11 is 0. The number of rotatable bonds is 5. The van der Waals surface area contributed by atoms with E-state index in [1.807, 2.05) is 0 Å². The second kappa shape index (κ2) is 9.17. The maximum Gasteiger partial charge on any atom is 0.407 e. The van der Waals surface area contributed by atoms with E-state index >= 15 is 0 Å². The number of alkyl carbamates (subject to hydrolysis) is 1. The van der Waals surface area contributed by atoms with Crippen molar-refractivity contribution >= 4 is 17.9 Å². The highest BCUT2D eigenvalue weighted by atomic mass is 16.5. The molecular formula is C13H25N3O4. The predicted molar refractivity (Wildman–Crippen MR) is 75.2 cm³/mol. The molecule has 1 aliphatic carbocycles. The second-order valence-corrected chi connectivity index (χ2v) is 4.73. The third kappa shape index (κ3) is 7.60. The number of methoxy groups -OCH3 is 1. The van der Waals surface area contributed by atoms with Gasteiger partial charge in [-0.25, -0.2) is 4.79 Å². The summed E-state index contributed by atoms with van der Waals surface area (Å²) < 4.78 is 4.33. The molecule has 0 saturated heterocycles. The Hall–Kier alpha value is -1.79. The van der Waals surface area contributed by atoms with Crippen molar-refractivity contribution in [2.75, 3.05) is 20.7 Å². The van der Waals surface area contributed by atoms with Crippen LogP contribution < -0.4 is 16.0 Å². The lowest BCUT2D eigenvalue weighted by Gasteiger charge is -2.16. The van der Waals surface area contributed by atoms with Gasteiger partial charge in [-0.1, -0.05) is 20.3 Å². The SMILES string of the molecule is CCC.CNC(=O)CC1(NC(=O)CNC(=O)OC)CC1. The van der Waals surface area contributed by atoms with Crippen LogP contribution in [0.3, 0.4) is 0 Å². The second-order valence-electron chi connectivity index (χ2n) is 4.73. The molecule has 0 unspecified atom stereocenters. The van der Waals surface area contributed by atoms with E-state index in [-0.39, 0.29) is 24.8 Å². The van der Waals surface area contributed by atoms with Crippen molar-refractivity contribution < 1.29 is 19.1 Å². The van der Waals surface area contributed by atoms with Gasteiger partial charge in [0.15, 0.2) is 0 Å². The number of hydrogen-bond acceptors (Lipinski definition) is 4. The molecule has 1 rings (SSSR count). The minimum Gasteiger partial charge on any atom is -0.453 e.